The quantitative estimate of drug-likeness (QED) is 0.827. The monoisotopic (exact) mass is 312 g/mol. The van der Waals surface area contributed by atoms with E-state index in [9.17, 15) is 4.79 Å². The van der Waals surface area contributed by atoms with Crippen LogP contribution >= 0.6 is 0 Å². The largest absolute Gasteiger partial charge is 0.444 e. The van der Waals surface area contributed by atoms with Crippen LogP contribution in [0.25, 0.3) is 0 Å². The highest BCUT2D eigenvalue weighted by atomic mass is 16.6. The van der Waals surface area contributed by atoms with Crippen LogP contribution in [0.1, 0.15) is 39.3 Å². The van der Waals surface area contributed by atoms with Gasteiger partial charge in [-0.05, 0) is 45.4 Å². The van der Waals surface area contributed by atoms with Crippen LogP contribution in [-0.4, -0.2) is 11.7 Å². The Hall–Kier alpha value is -2.99. The zero-order chi connectivity index (χ0) is 17.5. The number of ether oxygens (including phenoxy) is 1. The first-order valence-electron chi connectivity index (χ1n) is 7.11. The molecule has 0 spiro atoms. The van der Waals surface area contributed by atoms with Gasteiger partial charge in [0.2, 0.25) is 0 Å². The molecule has 0 aliphatic heterocycles. The van der Waals surface area contributed by atoms with Crippen molar-refractivity contribution in [2.24, 2.45) is 0 Å². The van der Waals surface area contributed by atoms with Crippen LogP contribution in [0.15, 0.2) is 36.0 Å². The molecule has 0 aliphatic rings. The number of allylic oxidation sites excluding steroid dienone is 1. The predicted molar refractivity (Wildman–Crippen MR) is 87.2 cm³/mol. The molecule has 1 aromatic rings. The van der Waals surface area contributed by atoms with Gasteiger partial charge in [0.25, 0.3) is 0 Å². The Morgan fingerprint density at radius 1 is 1.30 bits per heavy atom. The zero-order valence-electron chi connectivity index (χ0n) is 13.7. The molecule has 0 aromatic heterocycles. The maximum absolute atomic E-state index is 11.8. The van der Waals surface area contributed by atoms with Crippen molar-refractivity contribution in [1.82, 2.24) is 5.32 Å². The summed E-state index contributed by atoms with van der Waals surface area (Å²) in [5.41, 5.74) is 1.01. The Labute approximate surface area is 136 Å². The molecule has 6 nitrogen and oxygen atoms in total. The van der Waals surface area contributed by atoms with Gasteiger partial charge in [-0.2, -0.15) is 10.5 Å². The lowest BCUT2D eigenvalue weighted by Gasteiger charge is -2.22. The molecule has 0 heterocycles. The number of alkyl carbamates (subject to hydrolysis) is 1. The van der Waals surface area contributed by atoms with Crippen molar-refractivity contribution >= 4 is 11.8 Å². The van der Waals surface area contributed by atoms with Crippen molar-refractivity contribution in [1.29, 1.82) is 10.5 Å². The normalized spacial score (nSPS) is 11.4. The minimum absolute atomic E-state index is 0.0182. The van der Waals surface area contributed by atoms with E-state index in [1.165, 1.54) is 6.20 Å². The van der Waals surface area contributed by atoms with Gasteiger partial charge in [0.1, 0.15) is 23.3 Å². The van der Waals surface area contributed by atoms with E-state index in [-0.39, 0.29) is 11.6 Å². The topological polar surface area (TPSA) is 97.9 Å². The van der Waals surface area contributed by atoms with Gasteiger partial charge in [0.15, 0.2) is 0 Å². The average Bonchev–Trinajstić information content (AvgIpc) is 2.46. The molecule has 23 heavy (non-hydrogen) atoms. The van der Waals surface area contributed by atoms with Crippen molar-refractivity contribution < 1.29 is 9.53 Å². The van der Waals surface area contributed by atoms with E-state index in [0.717, 1.165) is 5.56 Å². The number of carbonyl (C=O) groups excluding carboxylic acids is 1. The van der Waals surface area contributed by atoms with Gasteiger partial charge in [-0.3, -0.25) is 0 Å². The van der Waals surface area contributed by atoms with E-state index < -0.39 is 11.7 Å². The average molecular weight is 312 g/mol. The van der Waals surface area contributed by atoms with E-state index in [1.54, 1.807) is 39.0 Å². The first-order chi connectivity index (χ1) is 10.7. The molecule has 0 saturated heterocycles. The van der Waals surface area contributed by atoms with E-state index in [0.29, 0.717) is 5.69 Å². The summed E-state index contributed by atoms with van der Waals surface area (Å²) in [5, 5.41) is 23.0. The van der Waals surface area contributed by atoms with Crippen molar-refractivity contribution in [3.05, 3.63) is 41.6 Å². The zero-order valence-corrected chi connectivity index (χ0v) is 13.7. The second-order valence-electron chi connectivity index (χ2n) is 5.92. The summed E-state index contributed by atoms with van der Waals surface area (Å²) >= 11 is 0. The Kier molecular flexibility index (Phi) is 6.17. The van der Waals surface area contributed by atoms with Crippen LogP contribution in [0.3, 0.4) is 0 Å². The summed E-state index contributed by atoms with van der Waals surface area (Å²) in [6.07, 6.45) is 0.852. The Morgan fingerprint density at radius 3 is 2.52 bits per heavy atom. The molecule has 2 N–H and O–H groups in total. The highest BCUT2D eigenvalue weighted by Gasteiger charge is 2.18. The molecule has 1 rings (SSSR count). The Bertz CT molecular complexity index is 659. The van der Waals surface area contributed by atoms with Gasteiger partial charge in [0, 0.05) is 11.9 Å². The molecule has 0 aliphatic carbocycles. The summed E-state index contributed by atoms with van der Waals surface area (Å²) in [6, 6.07) is 10.6. The van der Waals surface area contributed by atoms with Crippen LogP contribution in [0.5, 0.6) is 0 Å². The summed E-state index contributed by atoms with van der Waals surface area (Å²) in [4.78, 5) is 11.8. The van der Waals surface area contributed by atoms with Gasteiger partial charge in [0.05, 0.1) is 6.04 Å². The Balaban J connectivity index is 2.77. The second kappa shape index (κ2) is 7.86. The number of carbonyl (C=O) groups is 1. The standard InChI is InChI=1S/C17H20N4O2/c1-12(21-16(22)23-17(2,3)4)14-6-5-7-15(8-14)20-11-13(9-18)10-19/h5-8,11-12,20H,1-4H3,(H,21,22). The van der Waals surface area contributed by atoms with Crippen LogP contribution in [0.4, 0.5) is 10.5 Å². The fraction of sp³-hybridized carbons (Fsp3) is 0.353. The van der Waals surface area contributed by atoms with E-state index in [4.69, 9.17) is 15.3 Å². The molecular weight excluding hydrogens is 292 g/mol. The lowest BCUT2D eigenvalue weighted by Crippen LogP contribution is -2.34. The van der Waals surface area contributed by atoms with Crippen molar-refractivity contribution in [2.75, 3.05) is 5.32 Å². The predicted octanol–water partition coefficient (Wildman–Crippen LogP) is 3.62. The highest BCUT2D eigenvalue weighted by Crippen LogP contribution is 2.18. The van der Waals surface area contributed by atoms with Gasteiger partial charge in [-0.25, -0.2) is 4.79 Å². The fourth-order valence-corrected chi connectivity index (χ4v) is 1.71. The number of nitrogens with zero attached hydrogens (tertiary/aromatic N) is 2. The van der Waals surface area contributed by atoms with Gasteiger partial charge >= 0.3 is 6.09 Å². The second-order valence-corrected chi connectivity index (χ2v) is 5.92. The summed E-state index contributed by atoms with van der Waals surface area (Å²) in [6.45, 7) is 7.25. The van der Waals surface area contributed by atoms with Crippen LogP contribution in [-0.2, 0) is 4.74 Å². The van der Waals surface area contributed by atoms with E-state index >= 15 is 0 Å². The van der Waals surface area contributed by atoms with Gasteiger partial charge < -0.3 is 15.4 Å². The lowest BCUT2D eigenvalue weighted by atomic mass is 10.1. The molecule has 0 fully saturated rings. The maximum atomic E-state index is 11.8. The number of anilines is 1. The third-order valence-corrected chi connectivity index (χ3v) is 2.74. The van der Waals surface area contributed by atoms with Crippen molar-refractivity contribution in [3.8, 4) is 12.1 Å². The number of hydrogen-bond acceptors (Lipinski definition) is 5. The van der Waals surface area contributed by atoms with Crippen molar-refractivity contribution in [3.63, 3.8) is 0 Å². The van der Waals surface area contributed by atoms with Crippen LogP contribution < -0.4 is 10.6 Å². The molecule has 1 unspecified atom stereocenters. The molecule has 1 atom stereocenters. The SMILES string of the molecule is CC(NC(=O)OC(C)(C)C)c1cccc(NC=C(C#N)C#N)c1. The number of rotatable bonds is 4. The fourth-order valence-electron chi connectivity index (χ4n) is 1.71. The first kappa shape index (κ1) is 18.1. The number of benzene rings is 1. The molecule has 120 valence electrons. The third-order valence-electron chi connectivity index (χ3n) is 2.74. The number of hydrogen-bond donors (Lipinski definition) is 2. The summed E-state index contributed by atoms with van der Waals surface area (Å²) < 4.78 is 5.22. The lowest BCUT2D eigenvalue weighted by molar-refractivity contribution is 0.0508. The number of amides is 1. The highest BCUT2D eigenvalue weighted by molar-refractivity contribution is 5.68. The molecular formula is C17H20N4O2. The Morgan fingerprint density at radius 2 is 1.96 bits per heavy atom. The minimum atomic E-state index is -0.553. The molecule has 0 saturated carbocycles. The maximum Gasteiger partial charge on any atom is 0.408 e. The van der Waals surface area contributed by atoms with Crippen LogP contribution in [0.2, 0.25) is 0 Å². The third kappa shape index (κ3) is 6.54. The molecule has 0 bridgehead atoms. The molecule has 1 aromatic carbocycles. The molecule has 6 heteroatoms. The van der Waals surface area contributed by atoms with Gasteiger partial charge in [-0.1, -0.05) is 12.1 Å². The summed E-state index contributed by atoms with van der Waals surface area (Å²) in [7, 11) is 0. The first-order valence-corrected chi connectivity index (χ1v) is 7.11. The smallest absolute Gasteiger partial charge is 0.408 e. The van der Waals surface area contributed by atoms with Gasteiger partial charge in [-0.15, -0.1) is 0 Å². The number of nitrogens with one attached hydrogen (secondary N) is 2. The van der Waals surface area contributed by atoms with E-state index in [2.05, 4.69) is 10.6 Å². The molecule has 1 amide bonds. The van der Waals surface area contributed by atoms with E-state index in [1.807, 2.05) is 25.1 Å². The van der Waals surface area contributed by atoms with Crippen LogP contribution in [0, 0.1) is 22.7 Å². The minimum Gasteiger partial charge on any atom is -0.444 e. The summed E-state index contributed by atoms with van der Waals surface area (Å²) in [5.74, 6) is 0. The number of nitriles is 2. The van der Waals surface area contributed by atoms with Crippen molar-refractivity contribution in [2.45, 2.75) is 39.3 Å². The molecule has 0 radical (unpaired) electrons.